The molecule has 1 fully saturated rings. The molecule has 5 heteroatoms. The van der Waals surface area contributed by atoms with Crippen LogP contribution in [0.1, 0.15) is 48.7 Å². The minimum absolute atomic E-state index is 0.143. The van der Waals surface area contributed by atoms with Gasteiger partial charge in [0, 0.05) is 44.2 Å². The van der Waals surface area contributed by atoms with E-state index in [1.807, 2.05) is 23.7 Å². The fourth-order valence-electron chi connectivity index (χ4n) is 4.30. The van der Waals surface area contributed by atoms with Gasteiger partial charge in [0.15, 0.2) is 0 Å². The average molecular weight is 330 g/mol. The van der Waals surface area contributed by atoms with Crippen molar-refractivity contribution in [2.75, 3.05) is 20.1 Å². The van der Waals surface area contributed by atoms with Crippen molar-refractivity contribution in [3.63, 3.8) is 0 Å². The monoisotopic (exact) mass is 330 g/mol. The van der Waals surface area contributed by atoms with E-state index in [1.54, 1.807) is 0 Å². The van der Waals surface area contributed by atoms with Crippen molar-refractivity contribution in [3.05, 3.63) is 29.1 Å². The molecule has 2 heterocycles. The maximum Gasteiger partial charge on any atom is 0.223 e. The number of carbonyl (C=O) groups excluding carboxylic acids is 1. The fraction of sp³-hybridized carbons (Fsp3) is 0.684. The molecule has 1 N–H and O–H groups in total. The lowest BCUT2D eigenvalue weighted by molar-refractivity contribution is -0.127. The molecule has 3 rings (SSSR count). The Kier molecular flexibility index (Phi) is 5.09. The summed E-state index contributed by atoms with van der Waals surface area (Å²) in [5, 5.41) is 8.20. The second-order valence-corrected chi connectivity index (χ2v) is 7.43. The molecule has 1 aliphatic carbocycles. The van der Waals surface area contributed by atoms with Gasteiger partial charge in [0.05, 0.1) is 11.7 Å². The lowest BCUT2D eigenvalue weighted by Gasteiger charge is -2.27. The third-order valence-corrected chi connectivity index (χ3v) is 5.77. The van der Waals surface area contributed by atoms with Gasteiger partial charge in [-0.05, 0) is 45.6 Å². The maximum atomic E-state index is 12.3. The molecule has 0 saturated carbocycles. The molecule has 132 valence electrons. The Hall–Kier alpha value is -1.62. The molecule has 0 radical (unpaired) electrons. The number of aryl methyl sites for hydroxylation is 2. The quantitative estimate of drug-likeness (QED) is 0.844. The normalized spacial score (nSPS) is 27.2. The highest BCUT2D eigenvalue weighted by atomic mass is 16.2. The molecular formula is C19H30N4O. The van der Waals surface area contributed by atoms with Gasteiger partial charge in [-0.15, -0.1) is 0 Å². The molecule has 0 spiro atoms. The van der Waals surface area contributed by atoms with Gasteiger partial charge in [0.25, 0.3) is 0 Å². The van der Waals surface area contributed by atoms with E-state index in [0.29, 0.717) is 12.3 Å². The van der Waals surface area contributed by atoms with E-state index < -0.39 is 0 Å². The first kappa shape index (κ1) is 17.2. The van der Waals surface area contributed by atoms with Crippen LogP contribution in [0.3, 0.4) is 0 Å². The van der Waals surface area contributed by atoms with Crippen molar-refractivity contribution in [1.82, 2.24) is 20.0 Å². The van der Waals surface area contributed by atoms with Gasteiger partial charge in [0.1, 0.15) is 0 Å². The number of allylic oxidation sites excluding steroid dienone is 2. The molecule has 1 saturated heterocycles. The largest absolute Gasteiger partial charge is 0.338 e. The zero-order valence-corrected chi connectivity index (χ0v) is 15.4. The smallest absolute Gasteiger partial charge is 0.223 e. The minimum atomic E-state index is 0.143. The number of nitrogens with one attached hydrogen (secondary N) is 1. The number of amides is 1. The number of nitrogens with zero attached hydrogens (tertiary/aromatic N) is 3. The fourth-order valence-corrected chi connectivity index (χ4v) is 4.30. The SMILES string of the molecule is Cc1nn(C)c(C)c1[C@H]1[C@H](CNC[C@@H]2CC=CCC2)CC(=O)N1C. The van der Waals surface area contributed by atoms with Crippen molar-refractivity contribution in [3.8, 4) is 0 Å². The van der Waals surface area contributed by atoms with E-state index in [4.69, 9.17) is 0 Å². The van der Waals surface area contributed by atoms with Crippen LogP contribution in [0.4, 0.5) is 0 Å². The first-order valence-corrected chi connectivity index (χ1v) is 9.10. The van der Waals surface area contributed by atoms with Crippen LogP contribution in [0.25, 0.3) is 0 Å². The molecule has 1 amide bonds. The lowest BCUT2D eigenvalue weighted by Crippen LogP contribution is -2.32. The molecule has 24 heavy (non-hydrogen) atoms. The Bertz CT molecular complexity index is 634. The third-order valence-electron chi connectivity index (χ3n) is 5.77. The highest BCUT2D eigenvalue weighted by Gasteiger charge is 2.40. The number of likely N-dealkylation sites (tertiary alicyclic amines) is 1. The van der Waals surface area contributed by atoms with Gasteiger partial charge in [-0.2, -0.15) is 5.10 Å². The number of rotatable bonds is 5. The van der Waals surface area contributed by atoms with E-state index >= 15 is 0 Å². The van der Waals surface area contributed by atoms with Crippen LogP contribution in [-0.4, -0.2) is 40.7 Å². The standard InChI is InChI=1S/C19H30N4O/c1-13-18(14(2)23(4)21-13)19-16(10-17(24)22(19)3)12-20-11-15-8-6-5-7-9-15/h5-6,15-16,19-20H,7-12H2,1-4H3/t15-,16+,19-/m1/s1. The Labute approximate surface area is 145 Å². The zero-order chi connectivity index (χ0) is 17.3. The summed E-state index contributed by atoms with van der Waals surface area (Å²) >= 11 is 0. The molecule has 1 aromatic heterocycles. The Morgan fingerprint density at radius 1 is 1.25 bits per heavy atom. The van der Waals surface area contributed by atoms with Crippen LogP contribution < -0.4 is 5.32 Å². The van der Waals surface area contributed by atoms with E-state index in [9.17, 15) is 4.79 Å². The van der Waals surface area contributed by atoms with Gasteiger partial charge in [-0.25, -0.2) is 0 Å². The molecule has 0 bridgehead atoms. The summed E-state index contributed by atoms with van der Waals surface area (Å²) in [5.74, 6) is 1.31. The van der Waals surface area contributed by atoms with E-state index in [2.05, 4.69) is 36.4 Å². The summed E-state index contributed by atoms with van der Waals surface area (Å²) in [6, 6.07) is 0.143. The van der Waals surface area contributed by atoms with E-state index in [0.717, 1.165) is 24.7 Å². The molecule has 3 atom stereocenters. The first-order valence-electron chi connectivity index (χ1n) is 9.10. The molecule has 2 aliphatic rings. The summed E-state index contributed by atoms with van der Waals surface area (Å²) in [6.45, 7) is 6.11. The van der Waals surface area contributed by atoms with Gasteiger partial charge >= 0.3 is 0 Å². The van der Waals surface area contributed by atoms with Crippen molar-refractivity contribution in [2.45, 2.75) is 45.6 Å². The molecule has 1 aliphatic heterocycles. The van der Waals surface area contributed by atoms with Gasteiger partial charge in [-0.3, -0.25) is 9.48 Å². The highest BCUT2D eigenvalue weighted by Crippen LogP contribution is 2.39. The van der Waals surface area contributed by atoms with Gasteiger partial charge in [-0.1, -0.05) is 12.2 Å². The Morgan fingerprint density at radius 3 is 2.67 bits per heavy atom. The first-order chi connectivity index (χ1) is 11.5. The summed E-state index contributed by atoms with van der Waals surface area (Å²) in [4.78, 5) is 14.2. The van der Waals surface area contributed by atoms with Crippen LogP contribution >= 0.6 is 0 Å². The van der Waals surface area contributed by atoms with Crippen LogP contribution in [0.15, 0.2) is 12.2 Å². The molecular weight excluding hydrogens is 300 g/mol. The Morgan fingerprint density at radius 2 is 2.04 bits per heavy atom. The van der Waals surface area contributed by atoms with E-state index in [-0.39, 0.29) is 11.9 Å². The minimum Gasteiger partial charge on any atom is -0.338 e. The average Bonchev–Trinajstić information content (AvgIpc) is 2.97. The van der Waals surface area contributed by atoms with Crippen LogP contribution in [0.5, 0.6) is 0 Å². The van der Waals surface area contributed by atoms with E-state index in [1.165, 1.54) is 30.5 Å². The number of carbonyl (C=O) groups is 1. The van der Waals surface area contributed by atoms with Crippen LogP contribution in [0, 0.1) is 25.7 Å². The van der Waals surface area contributed by atoms with Crippen molar-refractivity contribution >= 4 is 5.91 Å². The molecule has 1 aromatic rings. The summed E-state index contributed by atoms with van der Waals surface area (Å²) < 4.78 is 1.93. The summed E-state index contributed by atoms with van der Waals surface area (Å²) in [5.41, 5.74) is 3.45. The maximum absolute atomic E-state index is 12.3. The second kappa shape index (κ2) is 7.09. The summed E-state index contributed by atoms with van der Waals surface area (Å²) in [7, 11) is 3.91. The number of hydrogen-bond donors (Lipinski definition) is 1. The number of hydrogen-bond acceptors (Lipinski definition) is 3. The predicted octanol–water partition coefficient (Wildman–Crippen LogP) is 2.50. The van der Waals surface area contributed by atoms with Gasteiger partial charge < -0.3 is 10.2 Å². The number of aromatic nitrogens is 2. The second-order valence-electron chi connectivity index (χ2n) is 7.43. The molecule has 0 unspecified atom stereocenters. The van der Waals surface area contributed by atoms with Crippen molar-refractivity contribution in [2.24, 2.45) is 18.9 Å². The molecule has 0 aromatic carbocycles. The zero-order valence-electron chi connectivity index (χ0n) is 15.4. The highest BCUT2D eigenvalue weighted by molar-refractivity contribution is 5.79. The predicted molar refractivity (Wildman–Crippen MR) is 95.7 cm³/mol. The van der Waals surface area contributed by atoms with Crippen LogP contribution in [-0.2, 0) is 11.8 Å². The topological polar surface area (TPSA) is 50.2 Å². The third kappa shape index (κ3) is 3.27. The lowest BCUT2D eigenvalue weighted by atomic mass is 9.91. The van der Waals surface area contributed by atoms with Crippen molar-refractivity contribution < 1.29 is 4.79 Å². The Balaban J connectivity index is 1.69. The van der Waals surface area contributed by atoms with Gasteiger partial charge in [0.2, 0.25) is 5.91 Å². The van der Waals surface area contributed by atoms with Crippen molar-refractivity contribution in [1.29, 1.82) is 0 Å². The summed E-state index contributed by atoms with van der Waals surface area (Å²) in [6.07, 6.45) is 8.87. The van der Waals surface area contributed by atoms with Crippen LogP contribution in [0.2, 0.25) is 0 Å². The molecule has 5 nitrogen and oxygen atoms in total.